The third-order valence-electron chi connectivity index (χ3n) is 2.48. The molecule has 0 N–H and O–H groups in total. The Morgan fingerprint density at radius 3 is 2.16 bits per heavy atom. The van der Waals surface area contributed by atoms with Crippen molar-refractivity contribution in [3.8, 4) is 0 Å². The van der Waals surface area contributed by atoms with Crippen LogP contribution in [0.5, 0.6) is 0 Å². The van der Waals surface area contributed by atoms with Gasteiger partial charge < -0.3 is 4.90 Å². The van der Waals surface area contributed by atoms with Gasteiger partial charge in [-0.3, -0.25) is 4.79 Å². The van der Waals surface area contributed by atoms with Gasteiger partial charge in [-0.15, -0.1) is 11.6 Å². The van der Waals surface area contributed by atoms with Crippen molar-refractivity contribution in [1.82, 2.24) is 4.90 Å². The van der Waals surface area contributed by atoms with Crippen molar-refractivity contribution in [2.75, 3.05) is 19.0 Å². The molecule has 0 aliphatic carbocycles. The van der Waals surface area contributed by atoms with Crippen LogP contribution in [-0.2, 0) is 0 Å². The van der Waals surface area contributed by atoms with E-state index in [2.05, 4.69) is 0 Å². The lowest BCUT2D eigenvalue weighted by Gasteiger charge is -2.23. The van der Waals surface area contributed by atoms with E-state index in [1.54, 1.807) is 26.0 Å². The van der Waals surface area contributed by atoms with Crippen molar-refractivity contribution in [3.63, 3.8) is 0 Å². The van der Waals surface area contributed by atoms with Crippen LogP contribution in [0.4, 0.5) is 13.2 Å². The van der Waals surface area contributed by atoms with Gasteiger partial charge in [-0.25, -0.2) is 0 Å². The number of halogens is 4. The molecule has 1 amide bonds. The molecule has 0 heterocycles. The first-order chi connectivity index (χ1) is 8.73. The van der Waals surface area contributed by atoms with Crippen LogP contribution in [0.2, 0.25) is 0 Å². The zero-order valence-electron chi connectivity index (χ0n) is 10.7. The van der Waals surface area contributed by atoms with Gasteiger partial charge in [0.05, 0.1) is 0 Å². The largest absolute Gasteiger partial charge is 0.406 e. The molecule has 19 heavy (non-hydrogen) atoms. The fraction of sp³-hybridized carbons (Fsp3) is 0.462. The minimum Gasteiger partial charge on any atom is -0.328 e. The van der Waals surface area contributed by atoms with Crippen molar-refractivity contribution in [2.45, 2.75) is 20.0 Å². The van der Waals surface area contributed by atoms with E-state index >= 15 is 0 Å². The average molecular weight is 294 g/mol. The maximum absolute atomic E-state index is 12.4. The average Bonchev–Trinajstić information content (AvgIpc) is 2.24. The third kappa shape index (κ3) is 5.11. The van der Waals surface area contributed by atoms with E-state index in [0.29, 0.717) is 0 Å². The van der Waals surface area contributed by atoms with Crippen LogP contribution in [0.3, 0.4) is 0 Å². The molecule has 2 nitrogen and oxygen atoms in total. The molecular weight excluding hydrogens is 279 g/mol. The molecule has 0 unspecified atom stereocenters. The van der Waals surface area contributed by atoms with Crippen LogP contribution in [0, 0.1) is 13.8 Å². The van der Waals surface area contributed by atoms with Gasteiger partial charge in [0.1, 0.15) is 6.54 Å². The van der Waals surface area contributed by atoms with Crippen LogP contribution in [0.1, 0.15) is 21.5 Å². The molecule has 0 saturated carbocycles. The van der Waals surface area contributed by atoms with Gasteiger partial charge in [0.2, 0.25) is 0 Å². The predicted octanol–water partition coefficient (Wildman–Crippen LogP) is 3.55. The van der Waals surface area contributed by atoms with E-state index in [0.717, 1.165) is 16.0 Å². The maximum atomic E-state index is 12.4. The number of nitrogens with zero attached hydrogens (tertiary/aromatic N) is 1. The number of benzene rings is 1. The van der Waals surface area contributed by atoms with E-state index in [-0.39, 0.29) is 18.0 Å². The molecule has 0 bridgehead atoms. The second kappa shape index (κ2) is 6.28. The Kier molecular flexibility index (Phi) is 5.23. The lowest BCUT2D eigenvalue weighted by atomic mass is 10.1. The highest BCUT2D eigenvalue weighted by molar-refractivity contribution is 6.18. The molecule has 1 aromatic carbocycles. The summed E-state index contributed by atoms with van der Waals surface area (Å²) in [6.45, 7) is 2.16. The lowest BCUT2D eigenvalue weighted by Crippen LogP contribution is -2.40. The number of alkyl halides is 4. The Morgan fingerprint density at radius 2 is 1.74 bits per heavy atom. The Hall–Kier alpha value is -1.23. The smallest absolute Gasteiger partial charge is 0.328 e. The zero-order valence-corrected chi connectivity index (χ0v) is 11.5. The molecule has 1 aromatic rings. The molecule has 0 fully saturated rings. The van der Waals surface area contributed by atoms with Crippen molar-refractivity contribution in [3.05, 3.63) is 34.9 Å². The summed E-state index contributed by atoms with van der Waals surface area (Å²) >= 11 is 5.46. The van der Waals surface area contributed by atoms with Crippen molar-refractivity contribution in [1.29, 1.82) is 0 Å². The standard InChI is InChI=1S/C13H15ClF3NO/c1-9-5-10(2)7-11(6-9)12(19)18(4-3-14)8-13(15,16)17/h5-7H,3-4,8H2,1-2H3. The number of carbonyl (C=O) groups excluding carboxylic acids is 1. The second-order valence-corrected chi connectivity index (χ2v) is 4.79. The fourth-order valence-corrected chi connectivity index (χ4v) is 2.06. The van der Waals surface area contributed by atoms with Gasteiger partial charge in [0.15, 0.2) is 0 Å². The molecule has 0 aliphatic rings. The Bertz CT molecular complexity index is 439. The monoisotopic (exact) mass is 293 g/mol. The lowest BCUT2D eigenvalue weighted by molar-refractivity contribution is -0.140. The van der Waals surface area contributed by atoms with Crippen molar-refractivity contribution >= 4 is 17.5 Å². The fourth-order valence-electron chi connectivity index (χ4n) is 1.85. The van der Waals surface area contributed by atoms with Crippen LogP contribution in [0.15, 0.2) is 18.2 Å². The quantitative estimate of drug-likeness (QED) is 0.778. The number of rotatable bonds is 4. The topological polar surface area (TPSA) is 20.3 Å². The van der Waals surface area contributed by atoms with Gasteiger partial charge in [0, 0.05) is 18.0 Å². The summed E-state index contributed by atoms with van der Waals surface area (Å²) in [4.78, 5) is 12.8. The van der Waals surface area contributed by atoms with Crippen LogP contribution >= 0.6 is 11.6 Å². The van der Waals surface area contributed by atoms with Crippen LogP contribution < -0.4 is 0 Å². The first-order valence-electron chi connectivity index (χ1n) is 5.73. The van der Waals surface area contributed by atoms with E-state index in [9.17, 15) is 18.0 Å². The van der Waals surface area contributed by atoms with Crippen LogP contribution in [0.25, 0.3) is 0 Å². The SMILES string of the molecule is Cc1cc(C)cc(C(=O)N(CCCl)CC(F)(F)F)c1. The van der Waals surface area contributed by atoms with Gasteiger partial charge in [-0.1, -0.05) is 17.2 Å². The summed E-state index contributed by atoms with van der Waals surface area (Å²) in [5.41, 5.74) is 1.93. The molecule has 0 aromatic heterocycles. The summed E-state index contributed by atoms with van der Waals surface area (Å²) < 4.78 is 37.3. The van der Waals surface area contributed by atoms with E-state index in [4.69, 9.17) is 11.6 Å². The van der Waals surface area contributed by atoms with Gasteiger partial charge >= 0.3 is 6.18 Å². The molecule has 106 valence electrons. The highest BCUT2D eigenvalue weighted by Gasteiger charge is 2.33. The number of amides is 1. The molecule has 0 spiro atoms. The molecule has 0 aliphatic heterocycles. The summed E-state index contributed by atoms with van der Waals surface area (Å²) in [7, 11) is 0. The van der Waals surface area contributed by atoms with Gasteiger partial charge in [-0.2, -0.15) is 13.2 Å². The van der Waals surface area contributed by atoms with Gasteiger partial charge in [0.25, 0.3) is 5.91 Å². The van der Waals surface area contributed by atoms with E-state index < -0.39 is 18.6 Å². The summed E-state index contributed by atoms with van der Waals surface area (Å²) in [5, 5.41) is 0. The minimum absolute atomic E-state index is 0.0351. The minimum atomic E-state index is -4.43. The predicted molar refractivity (Wildman–Crippen MR) is 68.6 cm³/mol. The van der Waals surface area contributed by atoms with Gasteiger partial charge in [-0.05, 0) is 26.0 Å². The second-order valence-electron chi connectivity index (χ2n) is 4.41. The third-order valence-corrected chi connectivity index (χ3v) is 2.65. The summed E-state index contributed by atoms with van der Waals surface area (Å²) in [5.74, 6) is -0.683. The first kappa shape index (κ1) is 15.8. The molecule has 0 saturated heterocycles. The van der Waals surface area contributed by atoms with Crippen molar-refractivity contribution < 1.29 is 18.0 Å². The number of hydrogen-bond donors (Lipinski definition) is 0. The molecule has 0 radical (unpaired) electrons. The first-order valence-corrected chi connectivity index (χ1v) is 6.26. The summed E-state index contributed by atoms with van der Waals surface area (Å²) in [6.07, 6.45) is -4.43. The molecule has 6 heteroatoms. The zero-order chi connectivity index (χ0) is 14.6. The normalized spacial score (nSPS) is 11.5. The number of aryl methyl sites for hydroxylation is 2. The van der Waals surface area contributed by atoms with Crippen molar-refractivity contribution in [2.24, 2.45) is 0 Å². The van der Waals surface area contributed by atoms with Crippen LogP contribution in [-0.4, -0.2) is 36.0 Å². The highest BCUT2D eigenvalue weighted by atomic mass is 35.5. The number of hydrogen-bond acceptors (Lipinski definition) is 1. The maximum Gasteiger partial charge on any atom is 0.406 e. The van der Waals surface area contributed by atoms with E-state index in [1.807, 2.05) is 6.07 Å². The Morgan fingerprint density at radius 1 is 1.21 bits per heavy atom. The number of carbonyl (C=O) groups is 1. The molecule has 1 rings (SSSR count). The van der Waals surface area contributed by atoms with E-state index in [1.165, 1.54) is 0 Å². The molecular formula is C13H15ClF3NO. The Balaban J connectivity index is 2.98. The molecule has 0 atom stereocenters. The summed E-state index contributed by atoms with van der Waals surface area (Å²) in [6, 6.07) is 5.01. The highest BCUT2D eigenvalue weighted by Crippen LogP contribution is 2.19. The Labute approximate surface area is 115 Å².